The molecule has 0 spiro atoms. The molecule has 0 bridgehead atoms. The van der Waals surface area contributed by atoms with E-state index in [-0.39, 0.29) is 11.4 Å². The van der Waals surface area contributed by atoms with Gasteiger partial charge < -0.3 is 10.2 Å². The van der Waals surface area contributed by atoms with Crippen LogP contribution in [-0.4, -0.2) is 47.3 Å². The second kappa shape index (κ2) is 6.18. The van der Waals surface area contributed by atoms with Crippen LogP contribution in [0.4, 0.5) is 0 Å². The fraction of sp³-hybridized carbons (Fsp3) is 0.750. The molecule has 1 aromatic rings. The summed E-state index contributed by atoms with van der Waals surface area (Å²) in [5.74, 6) is 0.542. The summed E-state index contributed by atoms with van der Waals surface area (Å²) >= 11 is 0. The first-order chi connectivity index (χ1) is 9.82. The van der Waals surface area contributed by atoms with E-state index in [1.807, 2.05) is 10.7 Å². The Kier molecular flexibility index (Phi) is 4.71. The summed E-state index contributed by atoms with van der Waals surface area (Å²) in [7, 11) is 2.05. The van der Waals surface area contributed by atoms with Crippen molar-refractivity contribution < 1.29 is 4.79 Å². The van der Waals surface area contributed by atoms with Crippen molar-refractivity contribution in [3.63, 3.8) is 0 Å². The lowest BCUT2D eigenvalue weighted by atomic mass is 10.1. The van der Waals surface area contributed by atoms with Crippen molar-refractivity contribution in [2.45, 2.75) is 52.0 Å². The Labute approximate surface area is 127 Å². The van der Waals surface area contributed by atoms with Gasteiger partial charge in [0.05, 0.1) is 11.2 Å². The number of carbonyl (C=O) groups excluding carboxylic acids is 1. The average Bonchev–Trinajstić information content (AvgIpc) is 3.15. The van der Waals surface area contributed by atoms with Crippen LogP contribution >= 0.6 is 0 Å². The van der Waals surface area contributed by atoms with Crippen LogP contribution in [0.3, 0.4) is 0 Å². The fourth-order valence-electron chi connectivity index (χ4n) is 2.26. The minimum absolute atomic E-state index is 0.0196. The van der Waals surface area contributed by atoms with E-state index in [0.717, 1.165) is 18.8 Å². The number of nitrogens with one attached hydrogen (secondary N) is 1. The number of hydrogen-bond acceptors (Lipinski definition) is 3. The Bertz CT molecular complexity index is 497. The van der Waals surface area contributed by atoms with E-state index in [0.29, 0.717) is 18.2 Å². The highest BCUT2D eigenvalue weighted by Gasteiger charge is 2.31. The molecule has 0 aliphatic heterocycles. The van der Waals surface area contributed by atoms with Crippen LogP contribution < -0.4 is 5.32 Å². The van der Waals surface area contributed by atoms with Crippen molar-refractivity contribution in [2.75, 3.05) is 26.7 Å². The van der Waals surface area contributed by atoms with Gasteiger partial charge in [0.2, 0.25) is 0 Å². The van der Waals surface area contributed by atoms with Crippen LogP contribution in [0.1, 0.15) is 62.6 Å². The van der Waals surface area contributed by atoms with E-state index in [4.69, 9.17) is 0 Å². The van der Waals surface area contributed by atoms with Gasteiger partial charge >= 0.3 is 0 Å². The van der Waals surface area contributed by atoms with Crippen molar-refractivity contribution in [1.82, 2.24) is 20.0 Å². The van der Waals surface area contributed by atoms with Crippen LogP contribution in [0.15, 0.2) is 6.07 Å². The topological polar surface area (TPSA) is 50.2 Å². The smallest absolute Gasteiger partial charge is 0.269 e. The van der Waals surface area contributed by atoms with Gasteiger partial charge in [-0.25, -0.2) is 0 Å². The maximum atomic E-state index is 12.4. The summed E-state index contributed by atoms with van der Waals surface area (Å²) in [5, 5.41) is 7.68. The molecule has 0 unspecified atom stereocenters. The zero-order valence-electron chi connectivity index (χ0n) is 13.9. The second-order valence-corrected chi connectivity index (χ2v) is 6.96. The predicted molar refractivity (Wildman–Crippen MR) is 84.7 cm³/mol. The van der Waals surface area contributed by atoms with Gasteiger partial charge in [0.15, 0.2) is 0 Å². The second-order valence-electron chi connectivity index (χ2n) is 6.96. The molecule has 0 radical (unpaired) electrons. The molecular formula is C16H28N4O. The van der Waals surface area contributed by atoms with Gasteiger partial charge in [0, 0.05) is 19.0 Å². The molecule has 2 rings (SSSR count). The first kappa shape index (κ1) is 16.0. The molecule has 1 saturated carbocycles. The van der Waals surface area contributed by atoms with E-state index in [2.05, 4.69) is 50.1 Å². The van der Waals surface area contributed by atoms with Crippen molar-refractivity contribution in [2.24, 2.45) is 0 Å². The Morgan fingerprint density at radius 1 is 1.48 bits per heavy atom. The molecule has 1 fully saturated rings. The zero-order valence-corrected chi connectivity index (χ0v) is 13.9. The number of carbonyl (C=O) groups is 1. The molecule has 0 atom stereocenters. The molecule has 21 heavy (non-hydrogen) atoms. The largest absolute Gasteiger partial charge is 0.349 e. The van der Waals surface area contributed by atoms with Crippen LogP contribution in [0.5, 0.6) is 0 Å². The van der Waals surface area contributed by atoms with Gasteiger partial charge in [0.25, 0.3) is 5.91 Å². The lowest BCUT2D eigenvalue weighted by Crippen LogP contribution is -2.36. The van der Waals surface area contributed by atoms with Gasteiger partial charge in [0.1, 0.15) is 5.69 Å². The van der Waals surface area contributed by atoms with E-state index in [9.17, 15) is 4.79 Å². The lowest BCUT2D eigenvalue weighted by Gasteiger charge is -2.22. The highest BCUT2D eigenvalue weighted by molar-refractivity contribution is 5.92. The Morgan fingerprint density at radius 3 is 2.67 bits per heavy atom. The summed E-state index contributed by atoms with van der Waals surface area (Å²) < 4.78 is 1.87. The maximum absolute atomic E-state index is 12.4. The number of amides is 1. The van der Waals surface area contributed by atoms with E-state index in [1.165, 1.54) is 12.8 Å². The van der Waals surface area contributed by atoms with E-state index < -0.39 is 0 Å². The molecule has 0 saturated heterocycles. The molecule has 5 heteroatoms. The molecule has 1 aliphatic carbocycles. The molecule has 1 heterocycles. The molecule has 5 nitrogen and oxygen atoms in total. The fourth-order valence-corrected chi connectivity index (χ4v) is 2.26. The van der Waals surface area contributed by atoms with E-state index in [1.54, 1.807) is 0 Å². The summed E-state index contributed by atoms with van der Waals surface area (Å²) in [6, 6.07) is 1.97. The minimum Gasteiger partial charge on any atom is -0.349 e. The summed E-state index contributed by atoms with van der Waals surface area (Å²) in [5.41, 5.74) is 1.57. The van der Waals surface area contributed by atoms with Gasteiger partial charge in [-0.15, -0.1) is 0 Å². The Morgan fingerprint density at radius 2 is 2.14 bits per heavy atom. The molecule has 1 aromatic heterocycles. The average molecular weight is 292 g/mol. The highest BCUT2D eigenvalue weighted by atomic mass is 16.2. The third-order valence-corrected chi connectivity index (χ3v) is 3.91. The third kappa shape index (κ3) is 4.06. The summed E-state index contributed by atoms with van der Waals surface area (Å²) in [4.78, 5) is 14.6. The minimum atomic E-state index is -0.181. The van der Waals surface area contributed by atoms with Gasteiger partial charge in [-0.05, 0) is 53.3 Å². The molecular weight excluding hydrogens is 264 g/mol. The van der Waals surface area contributed by atoms with Gasteiger partial charge in [-0.3, -0.25) is 9.48 Å². The molecule has 0 aromatic carbocycles. The number of nitrogens with zero attached hydrogens (tertiary/aromatic N) is 3. The lowest BCUT2D eigenvalue weighted by molar-refractivity contribution is 0.0931. The van der Waals surface area contributed by atoms with Crippen molar-refractivity contribution in [1.29, 1.82) is 0 Å². The number of aromatic nitrogens is 2. The standard InChI is InChI=1S/C16H28N4O/c1-6-19(5)10-9-17-15(21)14-11-13(12-7-8-12)18-20(14)16(2,3)4/h11-12H,6-10H2,1-5H3,(H,17,21). The first-order valence-corrected chi connectivity index (χ1v) is 7.90. The van der Waals surface area contributed by atoms with Crippen molar-refractivity contribution in [3.8, 4) is 0 Å². The summed E-state index contributed by atoms with van der Waals surface area (Å²) in [6.45, 7) is 10.9. The monoisotopic (exact) mass is 292 g/mol. The zero-order chi connectivity index (χ0) is 15.6. The van der Waals surface area contributed by atoms with Gasteiger partial charge in [-0.1, -0.05) is 6.92 Å². The first-order valence-electron chi connectivity index (χ1n) is 7.90. The Balaban J connectivity index is 2.08. The van der Waals surface area contributed by atoms with Crippen molar-refractivity contribution >= 4 is 5.91 Å². The quantitative estimate of drug-likeness (QED) is 0.874. The molecule has 1 N–H and O–H groups in total. The molecule has 1 aliphatic rings. The van der Waals surface area contributed by atoms with Crippen LogP contribution in [0.25, 0.3) is 0 Å². The number of likely N-dealkylation sites (N-methyl/N-ethyl adjacent to an activating group) is 1. The third-order valence-electron chi connectivity index (χ3n) is 3.91. The summed E-state index contributed by atoms with van der Waals surface area (Å²) in [6.07, 6.45) is 2.40. The number of hydrogen-bond donors (Lipinski definition) is 1. The molecule has 118 valence electrons. The normalized spacial score (nSPS) is 15.5. The highest BCUT2D eigenvalue weighted by Crippen LogP contribution is 2.40. The van der Waals surface area contributed by atoms with E-state index >= 15 is 0 Å². The number of rotatable bonds is 6. The van der Waals surface area contributed by atoms with Gasteiger partial charge in [-0.2, -0.15) is 5.10 Å². The SMILES string of the molecule is CCN(C)CCNC(=O)c1cc(C2CC2)nn1C(C)(C)C. The van der Waals surface area contributed by atoms with Crippen LogP contribution in [0, 0.1) is 0 Å². The maximum Gasteiger partial charge on any atom is 0.269 e. The van der Waals surface area contributed by atoms with Crippen molar-refractivity contribution in [3.05, 3.63) is 17.5 Å². The molecule has 1 amide bonds. The predicted octanol–water partition coefficient (Wildman–Crippen LogP) is 2.20. The van der Waals surface area contributed by atoms with Crippen LogP contribution in [0.2, 0.25) is 0 Å². The van der Waals surface area contributed by atoms with Crippen LogP contribution in [-0.2, 0) is 5.54 Å². The Hall–Kier alpha value is -1.36.